The first kappa shape index (κ1) is 13.0. The summed E-state index contributed by atoms with van der Waals surface area (Å²) in [6.45, 7) is 1.63. The first-order valence-electron chi connectivity index (χ1n) is 5.55. The van der Waals surface area contributed by atoms with Crippen LogP contribution in [0.3, 0.4) is 0 Å². The molecular formula is C14H13ClFNO. The minimum absolute atomic E-state index is 0.346. The van der Waals surface area contributed by atoms with Gasteiger partial charge in [-0.25, -0.2) is 4.39 Å². The SMILES string of the molecule is CC(O)(Cc1cccc(Cl)c1)c1cncc(F)c1. The topological polar surface area (TPSA) is 33.1 Å². The Kier molecular flexibility index (Phi) is 3.64. The molecule has 1 atom stereocenters. The van der Waals surface area contributed by atoms with E-state index < -0.39 is 11.4 Å². The van der Waals surface area contributed by atoms with E-state index in [1.165, 1.54) is 12.3 Å². The van der Waals surface area contributed by atoms with Crippen LogP contribution in [-0.2, 0) is 12.0 Å². The molecule has 0 bridgehead atoms. The molecule has 0 aliphatic rings. The van der Waals surface area contributed by atoms with Gasteiger partial charge in [0, 0.05) is 23.2 Å². The number of benzene rings is 1. The van der Waals surface area contributed by atoms with Crippen LogP contribution in [0.4, 0.5) is 4.39 Å². The molecule has 1 N–H and O–H groups in total. The maximum absolute atomic E-state index is 13.1. The van der Waals surface area contributed by atoms with E-state index in [-0.39, 0.29) is 0 Å². The number of pyridine rings is 1. The van der Waals surface area contributed by atoms with Gasteiger partial charge in [0.2, 0.25) is 0 Å². The fourth-order valence-electron chi connectivity index (χ4n) is 1.85. The fourth-order valence-corrected chi connectivity index (χ4v) is 2.07. The molecule has 0 spiro atoms. The lowest BCUT2D eigenvalue weighted by molar-refractivity contribution is 0.0569. The number of aromatic nitrogens is 1. The molecule has 1 aromatic heterocycles. The van der Waals surface area contributed by atoms with E-state index in [4.69, 9.17) is 11.6 Å². The Morgan fingerprint density at radius 2 is 2.11 bits per heavy atom. The van der Waals surface area contributed by atoms with Gasteiger partial charge < -0.3 is 5.11 Å². The Morgan fingerprint density at radius 3 is 2.78 bits per heavy atom. The summed E-state index contributed by atoms with van der Waals surface area (Å²) in [7, 11) is 0. The lowest BCUT2D eigenvalue weighted by atomic mass is 9.90. The Balaban J connectivity index is 2.26. The standard InChI is InChI=1S/C14H13ClFNO/c1-14(18,11-6-13(16)9-17-8-11)7-10-3-2-4-12(15)5-10/h2-6,8-9,18H,7H2,1H3. The molecule has 0 aliphatic carbocycles. The molecule has 0 radical (unpaired) electrons. The van der Waals surface area contributed by atoms with Gasteiger partial charge in [0.15, 0.2) is 0 Å². The van der Waals surface area contributed by atoms with Crippen molar-refractivity contribution in [2.75, 3.05) is 0 Å². The first-order chi connectivity index (χ1) is 8.47. The Morgan fingerprint density at radius 1 is 1.33 bits per heavy atom. The predicted octanol–water partition coefficient (Wildman–Crippen LogP) is 3.32. The van der Waals surface area contributed by atoms with Crippen molar-refractivity contribution in [1.82, 2.24) is 4.98 Å². The van der Waals surface area contributed by atoms with Crippen molar-refractivity contribution < 1.29 is 9.50 Å². The third-order valence-electron chi connectivity index (χ3n) is 2.76. The molecule has 2 aromatic rings. The monoisotopic (exact) mass is 265 g/mol. The highest BCUT2D eigenvalue weighted by atomic mass is 35.5. The summed E-state index contributed by atoms with van der Waals surface area (Å²) in [5, 5.41) is 11.0. The summed E-state index contributed by atoms with van der Waals surface area (Å²) in [4.78, 5) is 3.75. The van der Waals surface area contributed by atoms with E-state index in [9.17, 15) is 9.50 Å². The van der Waals surface area contributed by atoms with Gasteiger partial charge in [-0.2, -0.15) is 0 Å². The number of halogens is 2. The van der Waals surface area contributed by atoms with Gasteiger partial charge in [-0.15, -0.1) is 0 Å². The zero-order valence-corrected chi connectivity index (χ0v) is 10.7. The van der Waals surface area contributed by atoms with Crippen LogP contribution in [0.25, 0.3) is 0 Å². The molecule has 0 amide bonds. The fraction of sp³-hybridized carbons (Fsp3) is 0.214. The zero-order chi connectivity index (χ0) is 13.2. The van der Waals surface area contributed by atoms with Gasteiger partial charge in [0.05, 0.1) is 11.8 Å². The number of rotatable bonds is 3. The summed E-state index contributed by atoms with van der Waals surface area (Å²) in [5.41, 5.74) is 0.152. The molecule has 94 valence electrons. The van der Waals surface area contributed by atoms with E-state index in [2.05, 4.69) is 4.98 Å². The molecule has 1 aromatic carbocycles. The quantitative estimate of drug-likeness (QED) is 0.923. The van der Waals surface area contributed by atoms with Gasteiger partial charge in [0.25, 0.3) is 0 Å². The van der Waals surface area contributed by atoms with Crippen LogP contribution in [-0.4, -0.2) is 10.1 Å². The number of hydrogen-bond donors (Lipinski definition) is 1. The van der Waals surface area contributed by atoms with Crippen molar-refractivity contribution >= 4 is 11.6 Å². The van der Waals surface area contributed by atoms with Crippen molar-refractivity contribution in [3.8, 4) is 0 Å². The lowest BCUT2D eigenvalue weighted by Crippen LogP contribution is -2.24. The van der Waals surface area contributed by atoms with Crippen molar-refractivity contribution in [3.63, 3.8) is 0 Å². The summed E-state index contributed by atoms with van der Waals surface area (Å²) >= 11 is 5.89. The molecule has 2 nitrogen and oxygen atoms in total. The first-order valence-corrected chi connectivity index (χ1v) is 5.93. The minimum atomic E-state index is -1.18. The van der Waals surface area contributed by atoms with Crippen molar-refractivity contribution in [3.05, 3.63) is 64.7 Å². The third-order valence-corrected chi connectivity index (χ3v) is 3.00. The van der Waals surface area contributed by atoms with Gasteiger partial charge in [-0.1, -0.05) is 23.7 Å². The van der Waals surface area contributed by atoms with E-state index in [1.54, 1.807) is 19.1 Å². The predicted molar refractivity (Wildman–Crippen MR) is 68.9 cm³/mol. The van der Waals surface area contributed by atoms with Crippen LogP contribution < -0.4 is 0 Å². The molecule has 0 saturated carbocycles. The van der Waals surface area contributed by atoms with Crippen LogP contribution >= 0.6 is 11.6 Å². The molecule has 18 heavy (non-hydrogen) atoms. The smallest absolute Gasteiger partial charge is 0.141 e. The van der Waals surface area contributed by atoms with Gasteiger partial charge >= 0.3 is 0 Å². The summed E-state index contributed by atoms with van der Waals surface area (Å²) in [5.74, 6) is -0.459. The van der Waals surface area contributed by atoms with E-state index >= 15 is 0 Å². The molecule has 1 heterocycles. The number of nitrogens with zero attached hydrogens (tertiary/aromatic N) is 1. The maximum atomic E-state index is 13.1. The van der Waals surface area contributed by atoms with Crippen LogP contribution in [0.5, 0.6) is 0 Å². The Labute approximate surface area is 110 Å². The Hall–Kier alpha value is -1.45. The highest BCUT2D eigenvalue weighted by molar-refractivity contribution is 6.30. The van der Waals surface area contributed by atoms with Crippen molar-refractivity contribution in [2.45, 2.75) is 18.9 Å². The second-order valence-electron chi connectivity index (χ2n) is 4.47. The zero-order valence-electron chi connectivity index (χ0n) is 9.90. The molecule has 1 unspecified atom stereocenters. The van der Waals surface area contributed by atoms with Crippen LogP contribution in [0.15, 0.2) is 42.7 Å². The van der Waals surface area contributed by atoms with E-state index in [0.29, 0.717) is 17.0 Å². The Bertz CT molecular complexity index is 557. The molecular weight excluding hydrogens is 253 g/mol. The number of hydrogen-bond acceptors (Lipinski definition) is 2. The highest BCUT2D eigenvalue weighted by Crippen LogP contribution is 2.26. The normalized spacial score (nSPS) is 14.2. The number of aliphatic hydroxyl groups is 1. The molecule has 0 saturated heterocycles. The molecule has 2 rings (SSSR count). The van der Waals surface area contributed by atoms with Crippen LogP contribution in [0.2, 0.25) is 5.02 Å². The average molecular weight is 266 g/mol. The van der Waals surface area contributed by atoms with E-state index in [0.717, 1.165) is 11.8 Å². The average Bonchev–Trinajstić information content (AvgIpc) is 2.28. The van der Waals surface area contributed by atoms with Crippen LogP contribution in [0.1, 0.15) is 18.1 Å². The molecule has 0 aliphatic heterocycles. The summed E-state index contributed by atoms with van der Waals surface area (Å²) in [6.07, 6.45) is 2.92. The second-order valence-corrected chi connectivity index (χ2v) is 4.91. The van der Waals surface area contributed by atoms with E-state index in [1.807, 2.05) is 12.1 Å². The lowest BCUT2D eigenvalue weighted by Gasteiger charge is -2.23. The largest absolute Gasteiger partial charge is 0.385 e. The van der Waals surface area contributed by atoms with Crippen molar-refractivity contribution in [1.29, 1.82) is 0 Å². The minimum Gasteiger partial charge on any atom is -0.385 e. The second kappa shape index (κ2) is 5.04. The maximum Gasteiger partial charge on any atom is 0.141 e. The molecule has 0 fully saturated rings. The summed E-state index contributed by atoms with van der Waals surface area (Å²) in [6, 6.07) is 8.52. The highest BCUT2D eigenvalue weighted by Gasteiger charge is 2.24. The van der Waals surface area contributed by atoms with Gasteiger partial charge in [-0.05, 0) is 30.7 Å². The van der Waals surface area contributed by atoms with Crippen LogP contribution in [0, 0.1) is 5.82 Å². The third kappa shape index (κ3) is 3.06. The summed E-state index contributed by atoms with van der Waals surface area (Å²) < 4.78 is 13.1. The molecule has 4 heteroatoms. The van der Waals surface area contributed by atoms with Gasteiger partial charge in [0.1, 0.15) is 5.82 Å². The van der Waals surface area contributed by atoms with Gasteiger partial charge in [-0.3, -0.25) is 4.98 Å². The van der Waals surface area contributed by atoms with Crippen molar-refractivity contribution in [2.24, 2.45) is 0 Å².